The molecule has 0 aliphatic rings. The number of halogens is 5. The molecule has 0 fully saturated rings. The molecule has 10 heteroatoms. The normalized spacial score (nSPS) is 12.4. The molecule has 2 heterocycles. The summed E-state index contributed by atoms with van der Waals surface area (Å²) in [5.74, 6) is 0.0328. The number of thiophene rings is 1. The van der Waals surface area contributed by atoms with Crippen LogP contribution in [0.15, 0.2) is 64.5 Å². The second-order valence-electron chi connectivity index (χ2n) is 6.76. The summed E-state index contributed by atoms with van der Waals surface area (Å²) in [6.45, 7) is 13.5. The summed E-state index contributed by atoms with van der Waals surface area (Å²) < 4.78 is 52.6. The molecule has 3 rings (SSSR count). The minimum Gasteiger partial charge on any atom is -0.255 e. The Labute approximate surface area is 235 Å². The number of benzene rings is 1. The van der Waals surface area contributed by atoms with E-state index in [4.69, 9.17) is 23.2 Å². The third kappa shape index (κ3) is 10.8. The number of hydrogen-bond donors (Lipinski definition) is 0. The molecule has 0 aliphatic heterocycles. The van der Waals surface area contributed by atoms with E-state index in [1.807, 2.05) is 71.9 Å². The Balaban J connectivity index is 0.00000127. The van der Waals surface area contributed by atoms with Crippen molar-refractivity contribution < 1.29 is 17.4 Å². The highest BCUT2D eigenvalue weighted by Crippen LogP contribution is 2.38. The lowest BCUT2D eigenvalue weighted by molar-refractivity contribution is -0.141. The number of nitrogens with zero attached hydrogens (tertiary/aromatic N) is 2. The minimum absolute atomic E-state index is 0.0328. The molecule has 0 radical (unpaired) electrons. The molecule has 1 aromatic carbocycles. The third-order valence-electron chi connectivity index (χ3n) is 4.45. The highest BCUT2D eigenvalue weighted by atomic mass is 35.5. The van der Waals surface area contributed by atoms with Gasteiger partial charge in [-0.1, -0.05) is 63.6 Å². The molecule has 3 aromatic rings. The molecule has 0 spiro atoms. The Morgan fingerprint density at radius 2 is 1.62 bits per heavy atom. The zero-order valence-corrected chi connectivity index (χ0v) is 25.6. The molecule has 0 bridgehead atoms. The van der Waals surface area contributed by atoms with E-state index in [1.54, 1.807) is 31.4 Å². The van der Waals surface area contributed by atoms with Crippen molar-refractivity contribution in [2.75, 3.05) is 12.1 Å². The molecule has 206 valence electrons. The van der Waals surface area contributed by atoms with Crippen LogP contribution in [-0.2, 0) is 17.0 Å². The number of alkyl halides is 4. The highest BCUT2D eigenvalue weighted by Gasteiger charge is 2.35. The molecule has 0 aliphatic carbocycles. The van der Waals surface area contributed by atoms with Crippen molar-refractivity contribution in [3.8, 4) is 21.0 Å². The van der Waals surface area contributed by atoms with Gasteiger partial charge in [-0.15, -0.1) is 22.9 Å². The number of allylic oxidation sites excluding steroid dienone is 4. The van der Waals surface area contributed by atoms with Crippen LogP contribution in [0.3, 0.4) is 0 Å². The van der Waals surface area contributed by atoms with Gasteiger partial charge >= 0.3 is 6.18 Å². The second kappa shape index (κ2) is 17.6. The van der Waals surface area contributed by atoms with Crippen molar-refractivity contribution in [2.24, 2.45) is 0 Å². The highest BCUT2D eigenvalue weighted by molar-refractivity contribution is 7.84. The van der Waals surface area contributed by atoms with Crippen LogP contribution >= 0.6 is 34.5 Å². The maximum Gasteiger partial charge on any atom is 0.435 e. The van der Waals surface area contributed by atoms with E-state index in [-0.39, 0.29) is 5.88 Å². The van der Waals surface area contributed by atoms with Gasteiger partial charge in [0, 0.05) is 31.9 Å². The van der Waals surface area contributed by atoms with Crippen LogP contribution in [0.25, 0.3) is 26.7 Å². The zero-order chi connectivity index (χ0) is 28.8. The first kappa shape index (κ1) is 35.1. The lowest BCUT2D eigenvalue weighted by atomic mass is 10.2. The SMILES string of the molecule is C/C=C(\C)Cl.C/C=C(\CCl)n1nc(C(F)(F)F)cc1-c1ccc(-c2cccc(S(C)=O)c2)s1.CC.CC. The molecule has 0 saturated carbocycles. The summed E-state index contributed by atoms with van der Waals surface area (Å²) in [7, 11) is -1.12. The van der Waals surface area contributed by atoms with Gasteiger partial charge in [-0.05, 0) is 56.7 Å². The second-order valence-corrected chi connectivity index (χ2v) is 10.1. The summed E-state index contributed by atoms with van der Waals surface area (Å²) in [6.07, 6.45) is 0.533. The number of hydrogen-bond acceptors (Lipinski definition) is 3. The largest absolute Gasteiger partial charge is 0.435 e. The van der Waals surface area contributed by atoms with E-state index in [1.165, 1.54) is 16.0 Å². The Morgan fingerprint density at radius 1 is 1.05 bits per heavy atom. The smallest absolute Gasteiger partial charge is 0.255 e. The van der Waals surface area contributed by atoms with Crippen LogP contribution in [0.1, 0.15) is 54.2 Å². The maximum atomic E-state index is 13.2. The van der Waals surface area contributed by atoms with Gasteiger partial charge in [0.1, 0.15) is 0 Å². The summed E-state index contributed by atoms with van der Waals surface area (Å²) in [6, 6.07) is 11.9. The Morgan fingerprint density at radius 3 is 2.08 bits per heavy atom. The van der Waals surface area contributed by atoms with Crippen molar-refractivity contribution in [1.29, 1.82) is 0 Å². The predicted octanol–water partition coefficient (Wildman–Crippen LogP) is 10.3. The third-order valence-corrected chi connectivity index (χ3v) is 7.02. The van der Waals surface area contributed by atoms with Crippen LogP contribution in [-0.4, -0.2) is 26.1 Å². The lowest BCUT2D eigenvalue weighted by Crippen LogP contribution is -2.08. The van der Waals surface area contributed by atoms with E-state index in [9.17, 15) is 17.4 Å². The van der Waals surface area contributed by atoms with E-state index >= 15 is 0 Å². The Bertz CT molecular complexity index is 1180. The van der Waals surface area contributed by atoms with Crippen molar-refractivity contribution in [3.05, 3.63) is 65.3 Å². The van der Waals surface area contributed by atoms with Crippen LogP contribution in [0.4, 0.5) is 13.2 Å². The fourth-order valence-electron chi connectivity index (χ4n) is 2.63. The van der Waals surface area contributed by atoms with Crippen molar-refractivity contribution in [1.82, 2.24) is 9.78 Å². The minimum atomic E-state index is -4.55. The van der Waals surface area contributed by atoms with Crippen LogP contribution in [0.2, 0.25) is 0 Å². The first-order valence-corrected chi connectivity index (χ1v) is 15.0. The van der Waals surface area contributed by atoms with Crippen LogP contribution in [0, 0.1) is 0 Å². The number of aromatic nitrogens is 2. The molecule has 1 unspecified atom stereocenters. The van der Waals surface area contributed by atoms with Gasteiger partial charge in [-0.2, -0.15) is 18.3 Å². The van der Waals surface area contributed by atoms with Crippen molar-refractivity contribution in [2.45, 2.75) is 59.5 Å². The van der Waals surface area contributed by atoms with E-state index in [0.717, 1.165) is 21.5 Å². The molecule has 0 amide bonds. The fourth-order valence-corrected chi connectivity index (χ4v) is 4.46. The molecule has 0 saturated heterocycles. The van der Waals surface area contributed by atoms with Gasteiger partial charge < -0.3 is 0 Å². The molecular formula is C27H35Cl2F3N2OS2. The van der Waals surface area contributed by atoms with Crippen molar-refractivity contribution in [3.63, 3.8) is 0 Å². The van der Waals surface area contributed by atoms with Crippen molar-refractivity contribution >= 4 is 51.0 Å². The quantitative estimate of drug-likeness (QED) is 0.275. The zero-order valence-electron chi connectivity index (χ0n) is 22.4. The van der Waals surface area contributed by atoms with Gasteiger partial charge in [0.05, 0.1) is 22.1 Å². The van der Waals surface area contributed by atoms with Gasteiger partial charge in [0.15, 0.2) is 5.69 Å². The first-order chi connectivity index (χ1) is 17.5. The van der Waals surface area contributed by atoms with Crippen LogP contribution < -0.4 is 0 Å². The van der Waals surface area contributed by atoms with E-state index in [0.29, 0.717) is 21.2 Å². The monoisotopic (exact) mass is 594 g/mol. The fraction of sp³-hybridized carbons (Fsp3) is 0.370. The molecule has 2 aromatic heterocycles. The summed E-state index contributed by atoms with van der Waals surface area (Å²) in [5.41, 5.74) is 0.679. The van der Waals surface area contributed by atoms with E-state index in [2.05, 4.69) is 5.10 Å². The maximum absolute atomic E-state index is 13.2. The summed E-state index contributed by atoms with van der Waals surface area (Å²) in [4.78, 5) is 2.18. The average Bonchev–Trinajstić information content (AvgIpc) is 3.56. The van der Waals surface area contributed by atoms with E-state index < -0.39 is 22.7 Å². The lowest BCUT2D eigenvalue weighted by Gasteiger charge is -2.07. The molecule has 0 N–H and O–H groups in total. The topological polar surface area (TPSA) is 34.9 Å². The molecule has 3 nitrogen and oxygen atoms in total. The molecule has 37 heavy (non-hydrogen) atoms. The average molecular weight is 596 g/mol. The first-order valence-electron chi connectivity index (χ1n) is 11.7. The summed E-state index contributed by atoms with van der Waals surface area (Å²) >= 11 is 12.6. The van der Waals surface area contributed by atoms with Gasteiger partial charge in [-0.3, -0.25) is 4.21 Å². The number of rotatable bonds is 5. The molecule has 1 atom stereocenters. The Hall–Kier alpha value is -1.87. The molecular weight excluding hydrogens is 560 g/mol. The van der Waals surface area contributed by atoms with Gasteiger partial charge in [0.2, 0.25) is 0 Å². The van der Waals surface area contributed by atoms with Crippen LogP contribution in [0.5, 0.6) is 0 Å². The van der Waals surface area contributed by atoms with Gasteiger partial charge in [0.25, 0.3) is 0 Å². The predicted molar refractivity (Wildman–Crippen MR) is 157 cm³/mol. The standard InChI is InChI=1S/C19H16ClF3N2OS2.C4H7Cl.2C2H6/c1-3-13(11-20)25-15(10-18(24-25)19(21,22)23)17-8-7-16(27-17)12-5-4-6-14(9-12)28(2)26;1-3-4(2)5;2*1-2/h3-10H,11H2,1-2H3;3H,1-2H3;2*1-2H3/b13-3+;4-3+;;. The van der Waals surface area contributed by atoms with Gasteiger partial charge in [-0.25, -0.2) is 4.68 Å². The summed E-state index contributed by atoms with van der Waals surface area (Å²) in [5, 5.41) is 4.58. The Kier molecular flexibility index (Phi) is 16.7.